The van der Waals surface area contributed by atoms with Crippen molar-refractivity contribution in [3.8, 4) is 6.07 Å². The first kappa shape index (κ1) is 10.4. The molecule has 5 nitrogen and oxygen atoms in total. The van der Waals surface area contributed by atoms with Crippen LogP contribution in [0.3, 0.4) is 0 Å². The minimum Gasteiger partial charge on any atom is -0.337 e. The van der Waals surface area contributed by atoms with E-state index in [0.717, 1.165) is 0 Å². The normalized spacial score (nSPS) is 10.6. The molecule has 16 heavy (non-hydrogen) atoms. The number of rotatable bonds is 3. The largest absolute Gasteiger partial charge is 0.337 e. The van der Waals surface area contributed by atoms with Crippen LogP contribution >= 0.6 is 0 Å². The molecule has 0 spiro atoms. The molecule has 0 saturated carbocycles. The topological polar surface area (TPSA) is 67.6 Å². The van der Waals surface area contributed by atoms with Crippen LogP contribution in [0.2, 0.25) is 0 Å². The molecule has 0 amide bonds. The monoisotopic (exact) mass is 216 g/mol. The zero-order valence-electron chi connectivity index (χ0n) is 9.21. The molecule has 0 atom stereocenters. The Balaban J connectivity index is 2.18. The summed E-state index contributed by atoms with van der Waals surface area (Å²) in [5.74, 6) is 1.47. The van der Waals surface area contributed by atoms with Crippen molar-refractivity contribution in [2.75, 3.05) is 0 Å². The molecule has 0 saturated heterocycles. The summed E-state index contributed by atoms with van der Waals surface area (Å²) in [5.41, 5.74) is 0.587. The van der Waals surface area contributed by atoms with E-state index in [4.69, 9.17) is 9.78 Å². The van der Waals surface area contributed by atoms with Crippen LogP contribution < -0.4 is 0 Å². The molecule has 0 bridgehead atoms. The summed E-state index contributed by atoms with van der Waals surface area (Å²) >= 11 is 0. The Bertz CT molecular complexity index is 518. The van der Waals surface area contributed by atoms with Gasteiger partial charge in [-0.3, -0.25) is 0 Å². The molecule has 5 heteroatoms. The number of aromatic nitrogens is 3. The Morgan fingerprint density at radius 1 is 1.56 bits per heavy atom. The van der Waals surface area contributed by atoms with Crippen LogP contribution in [0.5, 0.6) is 0 Å². The van der Waals surface area contributed by atoms with Crippen molar-refractivity contribution in [2.45, 2.75) is 26.3 Å². The van der Waals surface area contributed by atoms with E-state index in [1.165, 1.54) is 0 Å². The summed E-state index contributed by atoms with van der Waals surface area (Å²) in [5, 5.41) is 12.7. The lowest BCUT2D eigenvalue weighted by molar-refractivity contribution is 0.364. The van der Waals surface area contributed by atoms with Gasteiger partial charge in [-0.1, -0.05) is 19.0 Å². The van der Waals surface area contributed by atoms with Gasteiger partial charge in [-0.2, -0.15) is 10.2 Å². The Morgan fingerprint density at radius 3 is 3.00 bits per heavy atom. The highest BCUT2D eigenvalue weighted by Gasteiger charge is 2.10. The molecule has 2 rings (SSSR count). The van der Waals surface area contributed by atoms with E-state index < -0.39 is 0 Å². The zero-order chi connectivity index (χ0) is 11.5. The van der Waals surface area contributed by atoms with Crippen LogP contribution in [-0.4, -0.2) is 14.7 Å². The van der Waals surface area contributed by atoms with E-state index in [2.05, 4.69) is 16.2 Å². The average Bonchev–Trinajstić information content (AvgIpc) is 2.87. The van der Waals surface area contributed by atoms with E-state index >= 15 is 0 Å². The molecule has 2 heterocycles. The maximum Gasteiger partial charge on any atom is 0.246 e. The third kappa shape index (κ3) is 1.96. The quantitative estimate of drug-likeness (QED) is 0.786. The van der Waals surface area contributed by atoms with Gasteiger partial charge in [-0.25, -0.2) is 0 Å². The van der Waals surface area contributed by atoms with E-state index in [-0.39, 0.29) is 5.92 Å². The highest BCUT2D eigenvalue weighted by molar-refractivity contribution is 5.22. The first-order valence-corrected chi connectivity index (χ1v) is 5.08. The van der Waals surface area contributed by atoms with Crippen LogP contribution in [0.15, 0.2) is 22.9 Å². The van der Waals surface area contributed by atoms with Gasteiger partial charge < -0.3 is 9.09 Å². The summed E-state index contributed by atoms with van der Waals surface area (Å²) in [6, 6.07) is 5.67. The highest BCUT2D eigenvalue weighted by Crippen LogP contribution is 2.11. The van der Waals surface area contributed by atoms with Crippen LogP contribution in [0, 0.1) is 11.3 Å². The van der Waals surface area contributed by atoms with Crippen molar-refractivity contribution in [2.24, 2.45) is 0 Å². The van der Waals surface area contributed by atoms with Crippen molar-refractivity contribution in [1.82, 2.24) is 14.7 Å². The first-order valence-electron chi connectivity index (χ1n) is 5.08. The minimum atomic E-state index is 0.248. The molecule has 0 radical (unpaired) electrons. The molecule has 0 N–H and O–H groups in total. The lowest BCUT2D eigenvalue weighted by Crippen LogP contribution is -2.01. The maximum atomic E-state index is 8.84. The molecule has 0 fully saturated rings. The second-order valence-electron chi connectivity index (χ2n) is 3.83. The summed E-state index contributed by atoms with van der Waals surface area (Å²) < 4.78 is 6.88. The second-order valence-corrected chi connectivity index (χ2v) is 3.83. The molecular formula is C11H12N4O. The molecule has 0 aromatic carbocycles. The van der Waals surface area contributed by atoms with Crippen molar-refractivity contribution >= 4 is 0 Å². The minimum absolute atomic E-state index is 0.248. The first-order chi connectivity index (χ1) is 7.70. The predicted octanol–water partition coefficient (Wildman–Crippen LogP) is 1.91. The zero-order valence-corrected chi connectivity index (χ0v) is 9.21. The number of hydrogen-bond acceptors (Lipinski definition) is 4. The molecule has 0 unspecified atom stereocenters. The molecule has 0 aliphatic heterocycles. The van der Waals surface area contributed by atoms with Gasteiger partial charge in [0.25, 0.3) is 0 Å². The highest BCUT2D eigenvalue weighted by atomic mass is 16.5. The van der Waals surface area contributed by atoms with Crippen LogP contribution in [0.1, 0.15) is 37.2 Å². The third-order valence-corrected chi connectivity index (χ3v) is 2.25. The SMILES string of the molecule is CC(C)c1noc(Cn2cccc2C#N)n1. The number of nitrogens with zero attached hydrogens (tertiary/aromatic N) is 4. The lowest BCUT2D eigenvalue weighted by Gasteiger charge is -1.98. The number of hydrogen-bond donors (Lipinski definition) is 0. The summed E-state index contributed by atoms with van der Waals surface area (Å²) in [6.45, 7) is 4.45. The third-order valence-electron chi connectivity index (χ3n) is 2.25. The Hall–Kier alpha value is -2.09. The van der Waals surface area contributed by atoms with Gasteiger partial charge in [0.05, 0.1) is 0 Å². The molecular weight excluding hydrogens is 204 g/mol. The predicted molar refractivity (Wildman–Crippen MR) is 56.6 cm³/mol. The molecule has 2 aromatic heterocycles. The van der Waals surface area contributed by atoms with Crippen molar-refractivity contribution in [3.05, 3.63) is 35.7 Å². The molecule has 2 aromatic rings. The molecule has 82 valence electrons. The van der Waals surface area contributed by atoms with Crippen LogP contribution in [0.4, 0.5) is 0 Å². The molecule has 0 aliphatic carbocycles. The van der Waals surface area contributed by atoms with Gasteiger partial charge in [-0.05, 0) is 12.1 Å². The second kappa shape index (κ2) is 4.19. The van der Waals surface area contributed by atoms with Gasteiger partial charge in [-0.15, -0.1) is 0 Å². The van der Waals surface area contributed by atoms with Crippen molar-refractivity contribution < 1.29 is 4.52 Å². The van der Waals surface area contributed by atoms with Gasteiger partial charge >= 0.3 is 0 Å². The van der Waals surface area contributed by atoms with E-state index in [0.29, 0.717) is 24.0 Å². The fraction of sp³-hybridized carbons (Fsp3) is 0.364. The van der Waals surface area contributed by atoms with Gasteiger partial charge in [0.2, 0.25) is 5.89 Å². The van der Waals surface area contributed by atoms with Gasteiger partial charge in [0.1, 0.15) is 18.3 Å². The smallest absolute Gasteiger partial charge is 0.246 e. The number of nitriles is 1. The van der Waals surface area contributed by atoms with E-state index in [9.17, 15) is 0 Å². The van der Waals surface area contributed by atoms with E-state index in [1.807, 2.05) is 26.1 Å². The summed E-state index contributed by atoms with van der Waals surface area (Å²) in [4.78, 5) is 4.25. The van der Waals surface area contributed by atoms with E-state index in [1.54, 1.807) is 10.6 Å². The summed E-state index contributed by atoms with van der Waals surface area (Å²) in [6.07, 6.45) is 1.82. The lowest BCUT2D eigenvalue weighted by atomic mass is 10.2. The Morgan fingerprint density at radius 2 is 2.38 bits per heavy atom. The van der Waals surface area contributed by atoms with Gasteiger partial charge in [0, 0.05) is 12.1 Å². The standard InChI is InChI=1S/C11H12N4O/c1-8(2)11-13-10(16-14-11)7-15-5-3-4-9(15)6-12/h3-5,8H,7H2,1-2H3. The fourth-order valence-corrected chi connectivity index (χ4v) is 1.37. The van der Waals surface area contributed by atoms with Crippen LogP contribution in [-0.2, 0) is 6.54 Å². The van der Waals surface area contributed by atoms with Crippen molar-refractivity contribution in [3.63, 3.8) is 0 Å². The Labute approximate surface area is 93.3 Å². The maximum absolute atomic E-state index is 8.84. The van der Waals surface area contributed by atoms with Crippen LogP contribution in [0.25, 0.3) is 0 Å². The van der Waals surface area contributed by atoms with Crippen molar-refractivity contribution in [1.29, 1.82) is 5.26 Å². The summed E-state index contributed by atoms with van der Waals surface area (Å²) in [7, 11) is 0. The average molecular weight is 216 g/mol. The van der Waals surface area contributed by atoms with Gasteiger partial charge in [0.15, 0.2) is 5.82 Å². The fourth-order valence-electron chi connectivity index (χ4n) is 1.37. The molecule has 0 aliphatic rings. The Kier molecular flexibility index (Phi) is 2.73.